The van der Waals surface area contributed by atoms with Crippen LogP contribution in [0.2, 0.25) is 10.0 Å². The molecule has 0 aliphatic heterocycles. The molecule has 2 rings (SSSR count). The van der Waals surface area contributed by atoms with Crippen LogP contribution in [-0.2, 0) is 0 Å². The van der Waals surface area contributed by atoms with Crippen molar-refractivity contribution < 1.29 is 9.59 Å². The fourth-order valence-corrected chi connectivity index (χ4v) is 2.09. The smallest absolute Gasteiger partial charge is 0.257 e. The third-order valence-electron chi connectivity index (χ3n) is 2.81. The second kappa shape index (κ2) is 6.61. The van der Waals surface area contributed by atoms with Crippen molar-refractivity contribution >= 4 is 40.7 Å². The maximum Gasteiger partial charge on any atom is 0.257 e. The van der Waals surface area contributed by atoms with Crippen LogP contribution in [0, 0.1) is 0 Å². The molecular weight excluding hydrogens is 311 g/mol. The zero-order valence-corrected chi connectivity index (χ0v) is 12.6. The zero-order chi connectivity index (χ0) is 15.4. The Labute approximate surface area is 132 Å². The Kier molecular flexibility index (Phi) is 4.83. The van der Waals surface area contributed by atoms with Gasteiger partial charge >= 0.3 is 0 Å². The van der Waals surface area contributed by atoms with E-state index in [2.05, 4.69) is 10.6 Å². The third-order valence-corrected chi connectivity index (χ3v) is 3.37. The first-order valence-corrected chi connectivity index (χ1v) is 6.85. The van der Waals surface area contributed by atoms with E-state index in [9.17, 15) is 9.59 Å². The maximum atomic E-state index is 12.1. The molecule has 0 aliphatic rings. The number of benzene rings is 2. The van der Waals surface area contributed by atoms with Gasteiger partial charge < -0.3 is 10.6 Å². The molecule has 0 saturated heterocycles. The van der Waals surface area contributed by atoms with Gasteiger partial charge in [0.1, 0.15) is 0 Å². The summed E-state index contributed by atoms with van der Waals surface area (Å²) < 4.78 is 0. The molecule has 21 heavy (non-hydrogen) atoms. The van der Waals surface area contributed by atoms with Crippen LogP contribution < -0.4 is 10.6 Å². The van der Waals surface area contributed by atoms with Gasteiger partial charge in [-0.2, -0.15) is 0 Å². The molecule has 0 heterocycles. The Morgan fingerprint density at radius 1 is 0.952 bits per heavy atom. The van der Waals surface area contributed by atoms with Crippen LogP contribution >= 0.6 is 23.2 Å². The SMILES string of the molecule is CNC(=O)c1ccc(NC(=O)c2cc(Cl)ccc2Cl)cc1. The molecule has 2 aromatic carbocycles. The highest BCUT2D eigenvalue weighted by molar-refractivity contribution is 6.36. The van der Waals surface area contributed by atoms with Gasteiger partial charge in [-0.25, -0.2) is 0 Å². The van der Waals surface area contributed by atoms with Crippen LogP contribution in [-0.4, -0.2) is 18.9 Å². The van der Waals surface area contributed by atoms with Gasteiger partial charge in [0.15, 0.2) is 0 Å². The van der Waals surface area contributed by atoms with Crippen LogP contribution in [0.25, 0.3) is 0 Å². The molecule has 0 spiro atoms. The van der Waals surface area contributed by atoms with Crippen molar-refractivity contribution in [1.29, 1.82) is 0 Å². The van der Waals surface area contributed by atoms with Crippen LogP contribution in [0.15, 0.2) is 42.5 Å². The Morgan fingerprint density at radius 2 is 1.62 bits per heavy atom. The molecule has 108 valence electrons. The summed E-state index contributed by atoms with van der Waals surface area (Å²) in [4.78, 5) is 23.5. The van der Waals surface area contributed by atoms with Crippen molar-refractivity contribution in [2.45, 2.75) is 0 Å². The molecule has 0 radical (unpaired) electrons. The molecule has 4 nitrogen and oxygen atoms in total. The fourth-order valence-electron chi connectivity index (χ4n) is 1.72. The van der Waals surface area contributed by atoms with E-state index in [4.69, 9.17) is 23.2 Å². The first kappa shape index (κ1) is 15.4. The highest BCUT2D eigenvalue weighted by Gasteiger charge is 2.11. The van der Waals surface area contributed by atoms with Crippen molar-refractivity contribution in [3.8, 4) is 0 Å². The number of anilines is 1. The molecular formula is C15H12Cl2N2O2. The fraction of sp³-hybridized carbons (Fsp3) is 0.0667. The second-order valence-electron chi connectivity index (χ2n) is 4.23. The summed E-state index contributed by atoms with van der Waals surface area (Å²) >= 11 is 11.8. The second-order valence-corrected chi connectivity index (χ2v) is 5.08. The molecule has 0 bridgehead atoms. The summed E-state index contributed by atoms with van der Waals surface area (Å²) in [5.41, 5.74) is 1.36. The van der Waals surface area contributed by atoms with E-state index in [0.29, 0.717) is 26.9 Å². The van der Waals surface area contributed by atoms with E-state index in [-0.39, 0.29) is 11.8 Å². The quantitative estimate of drug-likeness (QED) is 0.907. The Bertz CT molecular complexity index is 685. The lowest BCUT2D eigenvalue weighted by Crippen LogP contribution is -2.18. The Balaban J connectivity index is 2.16. The number of carbonyl (C=O) groups is 2. The molecule has 0 atom stereocenters. The highest BCUT2D eigenvalue weighted by atomic mass is 35.5. The van der Waals surface area contributed by atoms with E-state index in [0.717, 1.165) is 0 Å². The first-order chi connectivity index (χ1) is 10.0. The average Bonchev–Trinajstić information content (AvgIpc) is 2.49. The molecule has 6 heteroatoms. The number of nitrogens with one attached hydrogen (secondary N) is 2. The van der Waals surface area contributed by atoms with Crippen molar-refractivity contribution in [3.63, 3.8) is 0 Å². The minimum atomic E-state index is -0.366. The van der Waals surface area contributed by atoms with Gasteiger partial charge in [0.25, 0.3) is 11.8 Å². The number of halogens is 2. The van der Waals surface area contributed by atoms with Gasteiger partial charge in [0, 0.05) is 23.3 Å². The lowest BCUT2D eigenvalue weighted by atomic mass is 10.1. The van der Waals surface area contributed by atoms with Gasteiger partial charge in [0.05, 0.1) is 10.6 Å². The minimum Gasteiger partial charge on any atom is -0.355 e. The van der Waals surface area contributed by atoms with E-state index < -0.39 is 0 Å². The lowest BCUT2D eigenvalue weighted by molar-refractivity contribution is 0.0962. The minimum absolute atomic E-state index is 0.189. The molecule has 0 aliphatic carbocycles. The van der Waals surface area contributed by atoms with Gasteiger partial charge in [-0.3, -0.25) is 9.59 Å². The summed E-state index contributed by atoms with van der Waals surface area (Å²) in [6, 6.07) is 11.2. The number of amides is 2. The summed E-state index contributed by atoms with van der Waals surface area (Å²) in [5, 5.41) is 5.97. The number of rotatable bonds is 3. The lowest BCUT2D eigenvalue weighted by Gasteiger charge is -2.08. The molecule has 0 fully saturated rings. The summed E-state index contributed by atoms with van der Waals surface area (Å²) in [6.07, 6.45) is 0. The normalized spacial score (nSPS) is 10.0. The molecule has 2 aromatic rings. The van der Waals surface area contributed by atoms with Crippen molar-refractivity contribution in [3.05, 3.63) is 63.6 Å². The topological polar surface area (TPSA) is 58.2 Å². The number of carbonyl (C=O) groups excluding carboxylic acids is 2. The predicted octanol–water partition coefficient (Wildman–Crippen LogP) is 3.61. The Hall–Kier alpha value is -2.04. The van der Waals surface area contributed by atoms with Gasteiger partial charge in [0.2, 0.25) is 0 Å². The standard InChI is InChI=1S/C15H12Cl2N2O2/c1-18-14(20)9-2-5-11(6-3-9)19-15(21)12-8-10(16)4-7-13(12)17/h2-8H,1H3,(H,18,20)(H,19,21). The number of hydrogen-bond donors (Lipinski definition) is 2. The zero-order valence-electron chi connectivity index (χ0n) is 11.1. The van der Waals surface area contributed by atoms with Crippen LogP contribution in [0.3, 0.4) is 0 Å². The van der Waals surface area contributed by atoms with Crippen molar-refractivity contribution in [2.24, 2.45) is 0 Å². The van der Waals surface area contributed by atoms with E-state index >= 15 is 0 Å². The Morgan fingerprint density at radius 3 is 2.24 bits per heavy atom. The van der Waals surface area contributed by atoms with E-state index in [1.807, 2.05) is 0 Å². The molecule has 0 aromatic heterocycles. The molecule has 0 unspecified atom stereocenters. The van der Waals surface area contributed by atoms with Crippen molar-refractivity contribution in [1.82, 2.24) is 5.32 Å². The van der Waals surface area contributed by atoms with E-state index in [1.165, 1.54) is 6.07 Å². The van der Waals surface area contributed by atoms with Crippen LogP contribution in [0.5, 0.6) is 0 Å². The van der Waals surface area contributed by atoms with Gasteiger partial charge in [-0.1, -0.05) is 23.2 Å². The van der Waals surface area contributed by atoms with Crippen LogP contribution in [0.4, 0.5) is 5.69 Å². The monoisotopic (exact) mass is 322 g/mol. The first-order valence-electron chi connectivity index (χ1n) is 6.10. The van der Waals surface area contributed by atoms with Crippen LogP contribution in [0.1, 0.15) is 20.7 Å². The molecule has 0 saturated carbocycles. The predicted molar refractivity (Wildman–Crippen MR) is 84.2 cm³/mol. The largest absolute Gasteiger partial charge is 0.355 e. The van der Waals surface area contributed by atoms with Crippen molar-refractivity contribution in [2.75, 3.05) is 12.4 Å². The molecule has 2 amide bonds. The molecule has 2 N–H and O–H groups in total. The summed E-state index contributed by atoms with van der Waals surface area (Å²) in [5.74, 6) is -0.555. The number of hydrogen-bond acceptors (Lipinski definition) is 2. The highest BCUT2D eigenvalue weighted by Crippen LogP contribution is 2.22. The van der Waals surface area contributed by atoms with Gasteiger partial charge in [-0.05, 0) is 42.5 Å². The van der Waals surface area contributed by atoms with E-state index in [1.54, 1.807) is 43.4 Å². The average molecular weight is 323 g/mol. The third kappa shape index (κ3) is 3.74. The maximum absolute atomic E-state index is 12.1. The summed E-state index contributed by atoms with van der Waals surface area (Å²) in [7, 11) is 1.55. The van der Waals surface area contributed by atoms with Gasteiger partial charge in [-0.15, -0.1) is 0 Å². The summed E-state index contributed by atoms with van der Waals surface area (Å²) in [6.45, 7) is 0.